The maximum absolute atomic E-state index is 15.2. The van der Waals surface area contributed by atoms with Gasteiger partial charge in [-0.15, -0.1) is 0 Å². The lowest BCUT2D eigenvalue weighted by molar-refractivity contribution is -0.228. The zero-order chi connectivity index (χ0) is 39.4. The van der Waals surface area contributed by atoms with Gasteiger partial charge in [0, 0.05) is 84.4 Å². The maximum Gasteiger partial charge on any atom is 0.344 e. The van der Waals surface area contributed by atoms with Gasteiger partial charge in [0.25, 0.3) is 0 Å². The highest BCUT2D eigenvalue weighted by molar-refractivity contribution is 5.95. The summed E-state index contributed by atoms with van der Waals surface area (Å²) in [5.41, 5.74) is -0.0356. The number of H-pyrrole nitrogens is 1. The second kappa shape index (κ2) is 13.1. The number of esters is 3. The van der Waals surface area contributed by atoms with Crippen molar-refractivity contribution in [1.29, 1.82) is 0 Å². The van der Waals surface area contributed by atoms with Gasteiger partial charge < -0.3 is 38.8 Å². The maximum atomic E-state index is 15.2. The quantitative estimate of drug-likeness (QED) is 0.212. The number of aliphatic hydroxyl groups is 1. The number of fused-ring (bicyclic) bond motifs is 6. The number of benzene rings is 2. The van der Waals surface area contributed by atoms with Crippen LogP contribution in [-0.4, -0.2) is 123 Å². The predicted molar refractivity (Wildman–Crippen MR) is 210 cm³/mol. The topological polar surface area (TPSA) is 134 Å². The van der Waals surface area contributed by atoms with Gasteiger partial charge in [0.2, 0.25) is 5.60 Å². The Morgan fingerprint density at radius 3 is 2.52 bits per heavy atom. The number of piperidine rings is 1. The van der Waals surface area contributed by atoms with Crippen molar-refractivity contribution in [2.75, 3.05) is 66.0 Å². The zero-order valence-corrected chi connectivity index (χ0v) is 33.4. The van der Waals surface area contributed by atoms with Crippen LogP contribution in [-0.2, 0) is 45.8 Å². The van der Waals surface area contributed by atoms with Crippen LogP contribution in [0.5, 0.6) is 5.75 Å². The molecule has 2 N–H and O–H groups in total. The summed E-state index contributed by atoms with van der Waals surface area (Å²) in [6.07, 6.45) is 7.31. The number of aromatic nitrogens is 1. The summed E-state index contributed by atoms with van der Waals surface area (Å²) in [6, 6.07) is 11.3. The van der Waals surface area contributed by atoms with Crippen LogP contribution in [0.2, 0.25) is 0 Å². The molecule has 6 aliphatic rings. The number of aromatic amines is 1. The summed E-state index contributed by atoms with van der Waals surface area (Å²) in [4.78, 5) is 53.2. The van der Waals surface area contributed by atoms with Crippen LogP contribution in [0.4, 0.5) is 5.69 Å². The number of likely N-dealkylation sites (N-methyl/N-ethyl adjacent to an activating group) is 1. The first kappa shape index (κ1) is 37.2. The molecule has 1 aliphatic carbocycles. The number of para-hydroxylation sites is 1. The van der Waals surface area contributed by atoms with Crippen molar-refractivity contribution in [2.24, 2.45) is 11.3 Å². The molecule has 56 heavy (non-hydrogen) atoms. The number of nitrogens with one attached hydrogen (secondary N) is 1. The van der Waals surface area contributed by atoms with E-state index in [-0.39, 0.29) is 17.9 Å². The molecule has 12 nitrogen and oxygen atoms in total. The monoisotopic (exact) mass is 766 g/mol. The smallest absolute Gasteiger partial charge is 0.344 e. The van der Waals surface area contributed by atoms with Crippen molar-refractivity contribution < 1.29 is 38.4 Å². The average molecular weight is 767 g/mol. The van der Waals surface area contributed by atoms with Crippen molar-refractivity contribution in [3.63, 3.8) is 0 Å². The molecular formula is C44H54N4O8. The van der Waals surface area contributed by atoms with Gasteiger partial charge in [-0.2, -0.15) is 0 Å². The molecule has 9 atom stereocenters. The highest BCUT2D eigenvalue weighted by Crippen LogP contribution is 2.68. The Balaban J connectivity index is 1.37. The van der Waals surface area contributed by atoms with Crippen molar-refractivity contribution >= 4 is 34.5 Å². The van der Waals surface area contributed by atoms with E-state index in [0.717, 1.165) is 72.3 Å². The van der Waals surface area contributed by atoms with E-state index in [1.54, 1.807) is 7.11 Å². The number of rotatable bonds is 6. The molecule has 1 saturated carbocycles. The summed E-state index contributed by atoms with van der Waals surface area (Å²) in [5.74, 6) is -1.07. The highest BCUT2D eigenvalue weighted by Gasteiger charge is 2.80. The molecule has 6 heterocycles. The zero-order valence-electron chi connectivity index (χ0n) is 33.4. The molecule has 12 heteroatoms. The minimum Gasteiger partial charge on any atom is -0.496 e. The lowest BCUT2D eigenvalue weighted by Gasteiger charge is -2.63. The third-order valence-corrected chi connectivity index (χ3v) is 14.8. The van der Waals surface area contributed by atoms with Gasteiger partial charge in [0.05, 0.1) is 27.4 Å². The van der Waals surface area contributed by atoms with Crippen molar-refractivity contribution in [3.8, 4) is 5.75 Å². The van der Waals surface area contributed by atoms with Crippen molar-refractivity contribution in [2.45, 2.75) is 87.0 Å². The Kier molecular flexibility index (Phi) is 8.68. The molecule has 2 aromatic carbocycles. The van der Waals surface area contributed by atoms with Crippen molar-refractivity contribution in [1.82, 2.24) is 14.8 Å². The molecule has 3 aromatic rings. The molecule has 3 fully saturated rings. The SMILES string of the molecule is CC[C@]12C=CCN3CC[C@@]4(c5cc([C@@]6(C(=O)OC)C[C@@H]7CCCN(CCc8c6[nH]c6ccccc86)C7)c(OC)cc5N(C)[C@H]4[C@@](O)(C(=O)OC)[C@@H]1OC(C)=O)[C@@H]32. The first-order chi connectivity index (χ1) is 27.0. The van der Waals surface area contributed by atoms with Gasteiger partial charge in [-0.25, -0.2) is 4.79 Å². The molecular weight excluding hydrogens is 713 g/mol. The van der Waals surface area contributed by atoms with Crippen LogP contribution in [0.1, 0.15) is 68.3 Å². The van der Waals surface area contributed by atoms with Gasteiger partial charge in [-0.3, -0.25) is 14.5 Å². The van der Waals surface area contributed by atoms with Gasteiger partial charge in [0.15, 0.2) is 6.10 Å². The van der Waals surface area contributed by atoms with E-state index in [2.05, 4.69) is 45.1 Å². The van der Waals surface area contributed by atoms with Gasteiger partial charge in [-0.05, 0) is 80.8 Å². The van der Waals surface area contributed by atoms with Crippen LogP contribution < -0.4 is 9.64 Å². The second-order valence-electron chi connectivity index (χ2n) is 17.1. The summed E-state index contributed by atoms with van der Waals surface area (Å²) in [7, 11) is 6.26. The fourth-order valence-electron chi connectivity index (χ4n) is 13.0. The lowest BCUT2D eigenvalue weighted by atomic mass is 9.47. The Labute approximate surface area is 328 Å². The van der Waals surface area contributed by atoms with E-state index < -0.39 is 45.9 Å². The number of carbonyl (C=O) groups excluding carboxylic acids is 3. The summed E-state index contributed by atoms with van der Waals surface area (Å²) >= 11 is 0. The van der Waals surface area contributed by atoms with Crippen LogP contribution in [0.25, 0.3) is 10.9 Å². The first-order valence-electron chi connectivity index (χ1n) is 20.2. The number of hydrogen-bond acceptors (Lipinski definition) is 11. The Morgan fingerprint density at radius 1 is 1.00 bits per heavy atom. The number of hydrogen-bond donors (Lipinski definition) is 2. The van der Waals surface area contributed by atoms with E-state index >= 15 is 4.79 Å². The molecule has 1 unspecified atom stereocenters. The third kappa shape index (κ3) is 4.66. The molecule has 0 amide bonds. The molecule has 5 aliphatic heterocycles. The number of carbonyl (C=O) groups is 3. The minimum atomic E-state index is -2.26. The standard InChI is InChI=1S/C44H54N4O8/c1-7-41-16-11-19-48-21-17-42(36(41)48)30-22-31(34(53-4)23-33(30)46(3)37(42)44(52,40(51)55-6)38(41)56-26(2)49)43(39(50)54-5)24-27-12-10-18-47(25-27)20-15-29-28-13-8-9-14-32(28)45-35(29)43/h8-9,11,13-14,16,22-23,27,36-38,45,52H,7,10,12,15,17-21,24-25H2,1-6H3/t27-,36-,37+,38+,41+,42+,43-,44-/m0/s1. The highest BCUT2D eigenvalue weighted by atomic mass is 16.6. The van der Waals surface area contributed by atoms with Gasteiger partial charge >= 0.3 is 17.9 Å². The van der Waals surface area contributed by atoms with Gasteiger partial charge in [0.1, 0.15) is 11.2 Å². The summed E-state index contributed by atoms with van der Waals surface area (Å²) in [6.45, 7) is 7.52. The van der Waals surface area contributed by atoms with E-state index in [0.29, 0.717) is 43.7 Å². The number of anilines is 1. The molecule has 0 radical (unpaired) electrons. The number of methoxy groups -OCH3 is 3. The van der Waals surface area contributed by atoms with Gasteiger partial charge in [-0.1, -0.05) is 37.3 Å². The molecule has 2 saturated heterocycles. The van der Waals surface area contributed by atoms with E-state index in [9.17, 15) is 14.7 Å². The lowest BCUT2D eigenvalue weighted by Crippen LogP contribution is -2.81. The molecule has 2 bridgehead atoms. The number of nitrogens with zero attached hydrogens (tertiary/aromatic N) is 3. The molecule has 298 valence electrons. The van der Waals surface area contributed by atoms with E-state index in [1.807, 2.05) is 37.1 Å². The Morgan fingerprint density at radius 2 is 1.79 bits per heavy atom. The first-order valence-corrected chi connectivity index (χ1v) is 20.2. The minimum absolute atomic E-state index is 0.202. The summed E-state index contributed by atoms with van der Waals surface area (Å²) < 4.78 is 23.9. The third-order valence-electron chi connectivity index (χ3n) is 14.8. The second-order valence-corrected chi connectivity index (χ2v) is 17.1. The van der Waals surface area contributed by atoms with Crippen LogP contribution >= 0.6 is 0 Å². The van der Waals surface area contributed by atoms with Crippen LogP contribution in [0.3, 0.4) is 0 Å². The Bertz CT molecular complexity index is 2150. The fourth-order valence-corrected chi connectivity index (χ4v) is 13.0. The van der Waals surface area contributed by atoms with E-state index in [4.69, 9.17) is 18.9 Å². The Hall–Kier alpha value is -4.39. The molecule has 1 spiro atoms. The number of ether oxygens (including phenoxy) is 4. The fraction of sp³-hybridized carbons (Fsp3) is 0.568. The molecule has 1 aromatic heterocycles. The predicted octanol–water partition coefficient (Wildman–Crippen LogP) is 4.24. The molecule has 9 rings (SSSR count). The van der Waals surface area contributed by atoms with E-state index in [1.165, 1.54) is 21.1 Å². The van der Waals surface area contributed by atoms with Crippen molar-refractivity contribution in [3.05, 3.63) is 70.9 Å². The summed E-state index contributed by atoms with van der Waals surface area (Å²) in [5, 5.41) is 14.4. The normalized spacial score (nSPS) is 35.6. The van der Waals surface area contributed by atoms with Crippen LogP contribution in [0, 0.1) is 11.3 Å². The average Bonchev–Trinajstić information content (AvgIpc) is 3.87. The largest absolute Gasteiger partial charge is 0.496 e. The van der Waals surface area contributed by atoms with Crippen LogP contribution in [0.15, 0.2) is 48.6 Å².